The van der Waals surface area contributed by atoms with E-state index in [1.165, 1.54) is 12.1 Å². The minimum Gasteiger partial charge on any atom is -0.425 e. The number of carbonyl (C=O) groups excluding carboxylic acids is 1. The van der Waals surface area contributed by atoms with Crippen molar-refractivity contribution in [2.24, 2.45) is 0 Å². The number of ether oxygens (including phenoxy) is 1. The predicted molar refractivity (Wildman–Crippen MR) is 72.0 cm³/mol. The molecule has 0 saturated heterocycles. The van der Waals surface area contributed by atoms with Crippen molar-refractivity contribution in [2.75, 3.05) is 5.32 Å². The maximum atomic E-state index is 13.7. The van der Waals surface area contributed by atoms with Crippen molar-refractivity contribution in [3.05, 3.63) is 59.9 Å². The van der Waals surface area contributed by atoms with Crippen LogP contribution in [0.4, 0.5) is 32.0 Å². The molecule has 2 rings (SSSR count). The summed E-state index contributed by atoms with van der Waals surface area (Å²) in [5.74, 6) is -3.84. The Morgan fingerprint density at radius 1 is 0.958 bits per heavy atom. The Kier molecular flexibility index (Phi) is 4.72. The van der Waals surface area contributed by atoms with E-state index in [1.54, 1.807) is 5.32 Å². The SMILES string of the molecule is O=C(Nc1ccccc1F)C(F)(F)Oc1cccc(C(F)(F)F)c1. The Hall–Kier alpha value is -2.71. The maximum absolute atomic E-state index is 13.7. The van der Waals surface area contributed by atoms with Crippen LogP contribution >= 0.6 is 0 Å². The van der Waals surface area contributed by atoms with Crippen LogP contribution in [-0.2, 0) is 11.0 Å². The van der Waals surface area contributed by atoms with Gasteiger partial charge in [-0.15, -0.1) is 0 Å². The molecule has 0 aromatic heterocycles. The number of alkyl halides is 5. The number of para-hydroxylation sites is 1. The molecule has 0 radical (unpaired) electrons. The monoisotopic (exact) mass is 349 g/mol. The van der Waals surface area contributed by atoms with E-state index in [-0.39, 0.29) is 0 Å². The zero-order chi connectivity index (χ0) is 18.0. The van der Waals surface area contributed by atoms with Gasteiger partial charge in [0, 0.05) is 0 Å². The van der Waals surface area contributed by atoms with Crippen molar-refractivity contribution in [1.82, 2.24) is 0 Å². The molecule has 0 spiro atoms. The van der Waals surface area contributed by atoms with Gasteiger partial charge in [-0.1, -0.05) is 18.2 Å². The fourth-order valence-electron chi connectivity index (χ4n) is 1.69. The lowest BCUT2D eigenvalue weighted by molar-refractivity contribution is -0.187. The summed E-state index contributed by atoms with van der Waals surface area (Å²) in [6.07, 6.45) is -9.27. The number of anilines is 1. The average Bonchev–Trinajstić information content (AvgIpc) is 2.48. The number of benzene rings is 2. The van der Waals surface area contributed by atoms with E-state index in [1.807, 2.05) is 0 Å². The molecule has 24 heavy (non-hydrogen) atoms. The van der Waals surface area contributed by atoms with Gasteiger partial charge in [-0.05, 0) is 30.3 Å². The van der Waals surface area contributed by atoms with Crippen molar-refractivity contribution in [2.45, 2.75) is 12.3 Å². The van der Waals surface area contributed by atoms with Gasteiger partial charge in [-0.25, -0.2) is 4.39 Å². The molecule has 0 fully saturated rings. The molecular weight excluding hydrogens is 340 g/mol. The number of hydrogen-bond donors (Lipinski definition) is 1. The number of hydrogen-bond acceptors (Lipinski definition) is 2. The van der Waals surface area contributed by atoms with E-state index in [9.17, 15) is 31.1 Å². The quantitative estimate of drug-likeness (QED) is 0.828. The number of nitrogens with one attached hydrogen (secondary N) is 1. The van der Waals surface area contributed by atoms with Crippen LogP contribution in [0.5, 0.6) is 5.75 Å². The first-order chi connectivity index (χ1) is 11.1. The first kappa shape index (κ1) is 17.6. The van der Waals surface area contributed by atoms with Gasteiger partial charge in [0.2, 0.25) is 0 Å². The molecular formula is C15H9F6NO2. The molecule has 0 bridgehead atoms. The maximum Gasteiger partial charge on any atom is 0.482 e. The highest BCUT2D eigenvalue weighted by molar-refractivity contribution is 5.95. The lowest BCUT2D eigenvalue weighted by atomic mass is 10.2. The van der Waals surface area contributed by atoms with Crippen LogP contribution in [0.2, 0.25) is 0 Å². The highest BCUT2D eigenvalue weighted by Gasteiger charge is 2.43. The topological polar surface area (TPSA) is 38.3 Å². The van der Waals surface area contributed by atoms with Gasteiger partial charge < -0.3 is 10.1 Å². The Bertz CT molecular complexity index is 745. The molecule has 0 aliphatic rings. The van der Waals surface area contributed by atoms with E-state index < -0.39 is 41.0 Å². The minimum atomic E-state index is -4.76. The Labute approximate surface area is 131 Å². The van der Waals surface area contributed by atoms with E-state index in [0.29, 0.717) is 12.1 Å². The van der Waals surface area contributed by atoms with Crippen molar-refractivity contribution in [1.29, 1.82) is 0 Å². The number of halogens is 6. The third-order valence-electron chi connectivity index (χ3n) is 2.79. The fraction of sp³-hybridized carbons (Fsp3) is 0.133. The third-order valence-corrected chi connectivity index (χ3v) is 2.79. The van der Waals surface area contributed by atoms with Gasteiger partial charge in [-0.3, -0.25) is 4.79 Å². The molecule has 0 atom stereocenters. The molecule has 1 amide bonds. The van der Waals surface area contributed by atoms with Gasteiger partial charge in [0.15, 0.2) is 0 Å². The van der Waals surface area contributed by atoms with Crippen LogP contribution in [0, 0.1) is 5.82 Å². The van der Waals surface area contributed by atoms with Gasteiger partial charge in [0.25, 0.3) is 0 Å². The van der Waals surface area contributed by atoms with Crippen molar-refractivity contribution < 1.29 is 35.9 Å². The molecule has 0 aliphatic carbocycles. The molecule has 0 saturated carbocycles. The highest BCUT2D eigenvalue weighted by atomic mass is 19.4. The van der Waals surface area contributed by atoms with Crippen LogP contribution < -0.4 is 10.1 Å². The van der Waals surface area contributed by atoms with Crippen LogP contribution in [0.1, 0.15) is 5.56 Å². The van der Waals surface area contributed by atoms with Crippen LogP contribution in [0.15, 0.2) is 48.5 Å². The molecule has 0 heterocycles. The van der Waals surface area contributed by atoms with E-state index in [2.05, 4.69) is 4.74 Å². The van der Waals surface area contributed by atoms with E-state index in [4.69, 9.17) is 0 Å². The predicted octanol–water partition coefficient (Wildman–Crippen LogP) is 4.45. The number of carbonyl (C=O) groups is 1. The summed E-state index contributed by atoms with van der Waals surface area (Å²) in [5.41, 5.74) is -1.74. The van der Waals surface area contributed by atoms with E-state index >= 15 is 0 Å². The summed E-state index contributed by atoms with van der Waals surface area (Å²) < 4.78 is 82.4. The summed E-state index contributed by atoms with van der Waals surface area (Å²) in [6.45, 7) is 0. The molecule has 0 aliphatic heterocycles. The van der Waals surface area contributed by atoms with Gasteiger partial charge in [-0.2, -0.15) is 22.0 Å². The molecule has 1 N–H and O–H groups in total. The smallest absolute Gasteiger partial charge is 0.425 e. The fourth-order valence-corrected chi connectivity index (χ4v) is 1.69. The molecule has 128 valence electrons. The van der Waals surface area contributed by atoms with Gasteiger partial charge in [0.1, 0.15) is 11.6 Å². The van der Waals surface area contributed by atoms with E-state index in [0.717, 1.165) is 24.3 Å². The second-order valence-electron chi connectivity index (χ2n) is 4.58. The second-order valence-corrected chi connectivity index (χ2v) is 4.58. The first-order valence-corrected chi connectivity index (χ1v) is 6.39. The van der Waals surface area contributed by atoms with Crippen molar-refractivity contribution >= 4 is 11.6 Å². The van der Waals surface area contributed by atoms with Crippen molar-refractivity contribution in [3.8, 4) is 5.75 Å². The Balaban J connectivity index is 2.16. The largest absolute Gasteiger partial charge is 0.482 e. The van der Waals surface area contributed by atoms with Crippen LogP contribution in [0.3, 0.4) is 0 Å². The Morgan fingerprint density at radius 2 is 1.62 bits per heavy atom. The van der Waals surface area contributed by atoms with Gasteiger partial charge in [0.05, 0.1) is 11.3 Å². The molecule has 2 aromatic rings. The number of rotatable bonds is 4. The van der Waals surface area contributed by atoms with Crippen molar-refractivity contribution in [3.63, 3.8) is 0 Å². The highest BCUT2D eigenvalue weighted by Crippen LogP contribution is 2.33. The van der Waals surface area contributed by atoms with Crippen LogP contribution in [0.25, 0.3) is 0 Å². The summed E-state index contributed by atoms with van der Waals surface area (Å²) >= 11 is 0. The van der Waals surface area contributed by atoms with Gasteiger partial charge >= 0.3 is 18.2 Å². The third kappa shape index (κ3) is 4.18. The standard InChI is InChI=1S/C15H9F6NO2/c16-11-6-1-2-7-12(11)22-13(23)15(20,21)24-10-5-3-4-9(8-10)14(17,18)19/h1-8H,(H,22,23). The lowest BCUT2D eigenvalue weighted by Crippen LogP contribution is -2.40. The molecule has 2 aromatic carbocycles. The minimum absolute atomic E-state index is 0.324. The second kappa shape index (κ2) is 6.42. The average molecular weight is 349 g/mol. The first-order valence-electron chi connectivity index (χ1n) is 6.39. The zero-order valence-corrected chi connectivity index (χ0v) is 11.7. The molecule has 0 unspecified atom stereocenters. The summed E-state index contributed by atoms with van der Waals surface area (Å²) in [4.78, 5) is 11.5. The lowest BCUT2D eigenvalue weighted by Gasteiger charge is -2.18. The molecule has 3 nitrogen and oxygen atoms in total. The number of amides is 1. The zero-order valence-electron chi connectivity index (χ0n) is 11.7. The summed E-state index contributed by atoms with van der Waals surface area (Å²) in [5, 5.41) is 1.60. The van der Waals surface area contributed by atoms with Crippen LogP contribution in [-0.4, -0.2) is 12.0 Å². The summed E-state index contributed by atoms with van der Waals surface area (Å²) in [7, 11) is 0. The Morgan fingerprint density at radius 3 is 2.25 bits per heavy atom. The summed E-state index contributed by atoms with van der Waals surface area (Å²) in [6, 6.07) is 7.21. The normalized spacial score (nSPS) is 11.9. The molecule has 9 heteroatoms.